The van der Waals surface area contributed by atoms with Crippen LogP contribution >= 0.6 is 0 Å². The molecule has 0 spiro atoms. The quantitative estimate of drug-likeness (QED) is 0.535. The van der Waals surface area contributed by atoms with E-state index in [2.05, 4.69) is 18.2 Å². The lowest BCUT2D eigenvalue weighted by atomic mass is 10.1. The van der Waals surface area contributed by atoms with Crippen LogP contribution in [0.3, 0.4) is 0 Å². The number of hydrogen-bond donors (Lipinski definition) is 1. The molecule has 0 bridgehead atoms. The van der Waals surface area contributed by atoms with Crippen LogP contribution in [-0.4, -0.2) is 12.6 Å². The highest BCUT2D eigenvalue weighted by molar-refractivity contribution is 5.20. The second kappa shape index (κ2) is 3.43. The summed E-state index contributed by atoms with van der Waals surface area (Å²) in [5.74, 6) is 2.54. The first-order valence-corrected chi connectivity index (χ1v) is 3.71. The summed E-state index contributed by atoms with van der Waals surface area (Å²) in [7, 11) is 0. The standard InChI is InChI=1S/C9H13N/c1-3-5-8(2)9-6-4-7-10-9/h1,5,9-10H,4,6-7H2,2H3/b8-5+. The van der Waals surface area contributed by atoms with E-state index in [1.54, 1.807) is 0 Å². The van der Waals surface area contributed by atoms with Gasteiger partial charge in [0.05, 0.1) is 0 Å². The van der Waals surface area contributed by atoms with Gasteiger partial charge >= 0.3 is 0 Å². The smallest absolute Gasteiger partial charge is 0.0286 e. The first-order chi connectivity index (χ1) is 4.84. The Morgan fingerprint density at radius 1 is 1.80 bits per heavy atom. The van der Waals surface area contributed by atoms with Crippen molar-refractivity contribution < 1.29 is 0 Å². The van der Waals surface area contributed by atoms with E-state index < -0.39 is 0 Å². The Morgan fingerprint density at radius 3 is 3.10 bits per heavy atom. The van der Waals surface area contributed by atoms with Crippen LogP contribution in [0.2, 0.25) is 0 Å². The van der Waals surface area contributed by atoms with E-state index in [1.165, 1.54) is 18.4 Å². The highest BCUT2D eigenvalue weighted by Gasteiger charge is 2.14. The monoisotopic (exact) mass is 135 g/mol. The first kappa shape index (κ1) is 7.37. The van der Waals surface area contributed by atoms with Gasteiger partial charge in [-0.2, -0.15) is 0 Å². The van der Waals surface area contributed by atoms with Crippen molar-refractivity contribution in [2.75, 3.05) is 6.54 Å². The van der Waals surface area contributed by atoms with Crippen molar-refractivity contribution in [3.8, 4) is 12.3 Å². The van der Waals surface area contributed by atoms with Crippen LogP contribution in [0.1, 0.15) is 19.8 Å². The summed E-state index contributed by atoms with van der Waals surface area (Å²) < 4.78 is 0. The molecule has 1 nitrogen and oxygen atoms in total. The topological polar surface area (TPSA) is 12.0 Å². The molecule has 10 heavy (non-hydrogen) atoms. The van der Waals surface area contributed by atoms with Crippen LogP contribution in [0.25, 0.3) is 0 Å². The van der Waals surface area contributed by atoms with E-state index in [9.17, 15) is 0 Å². The third kappa shape index (κ3) is 1.62. The molecule has 1 aliphatic rings. The molecule has 1 heteroatoms. The van der Waals surface area contributed by atoms with Gasteiger partial charge < -0.3 is 5.32 Å². The summed E-state index contributed by atoms with van der Waals surface area (Å²) in [6.07, 6.45) is 9.51. The highest BCUT2D eigenvalue weighted by Crippen LogP contribution is 2.12. The lowest BCUT2D eigenvalue weighted by Gasteiger charge is -2.08. The van der Waals surface area contributed by atoms with Crippen molar-refractivity contribution in [2.45, 2.75) is 25.8 Å². The van der Waals surface area contributed by atoms with E-state index in [1.807, 2.05) is 6.08 Å². The van der Waals surface area contributed by atoms with Gasteiger partial charge in [-0.15, -0.1) is 6.42 Å². The predicted molar refractivity (Wildman–Crippen MR) is 43.6 cm³/mol. The Labute approximate surface area is 62.5 Å². The molecular weight excluding hydrogens is 122 g/mol. The molecule has 1 atom stereocenters. The van der Waals surface area contributed by atoms with Crippen molar-refractivity contribution >= 4 is 0 Å². The minimum Gasteiger partial charge on any atom is -0.310 e. The summed E-state index contributed by atoms with van der Waals surface area (Å²) in [4.78, 5) is 0. The van der Waals surface area contributed by atoms with Crippen LogP contribution in [0.5, 0.6) is 0 Å². The molecule has 1 aliphatic heterocycles. The largest absolute Gasteiger partial charge is 0.310 e. The van der Waals surface area contributed by atoms with E-state index in [0.717, 1.165) is 6.54 Å². The zero-order valence-corrected chi connectivity index (χ0v) is 6.35. The van der Waals surface area contributed by atoms with Crippen LogP contribution in [0, 0.1) is 12.3 Å². The van der Waals surface area contributed by atoms with Gasteiger partial charge in [-0.1, -0.05) is 5.92 Å². The van der Waals surface area contributed by atoms with Crippen LogP contribution in [0.15, 0.2) is 11.6 Å². The molecule has 0 aromatic carbocycles. The molecule has 0 aromatic rings. The lowest BCUT2D eigenvalue weighted by molar-refractivity contribution is 0.690. The average molecular weight is 135 g/mol. The second-order valence-electron chi connectivity index (χ2n) is 2.70. The van der Waals surface area contributed by atoms with Gasteiger partial charge in [0.15, 0.2) is 0 Å². The number of rotatable bonds is 1. The molecule has 1 N–H and O–H groups in total. The average Bonchev–Trinajstić information content (AvgIpc) is 2.38. The molecule has 0 saturated carbocycles. The second-order valence-corrected chi connectivity index (χ2v) is 2.70. The number of allylic oxidation sites excluding steroid dienone is 1. The molecule has 0 amide bonds. The Kier molecular flexibility index (Phi) is 2.53. The Balaban J connectivity index is 2.49. The zero-order chi connectivity index (χ0) is 7.40. The van der Waals surface area contributed by atoms with Gasteiger partial charge in [0.2, 0.25) is 0 Å². The summed E-state index contributed by atoms with van der Waals surface area (Å²) in [5, 5.41) is 3.38. The number of terminal acetylenes is 1. The molecule has 0 radical (unpaired) electrons. The summed E-state index contributed by atoms with van der Waals surface area (Å²) in [5.41, 5.74) is 1.29. The van der Waals surface area contributed by atoms with E-state index >= 15 is 0 Å². The molecule has 1 saturated heterocycles. The van der Waals surface area contributed by atoms with Gasteiger partial charge in [-0.3, -0.25) is 0 Å². The Morgan fingerprint density at radius 2 is 2.60 bits per heavy atom. The number of nitrogens with one attached hydrogen (secondary N) is 1. The van der Waals surface area contributed by atoms with Crippen molar-refractivity contribution in [1.82, 2.24) is 5.32 Å². The molecule has 0 aliphatic carbocycles. The van der Waals surface area contributed by atoms with E-state index in [-0.39, 0.29) is 0 Å². The first-order valence-electron chi connectivity index (χ1n) is 3.71. The maximum atomic E-state index is 5.14. The van der Waals surface area contributed by atoms with Gasteiger partial charge in [-0.25, -0.2) is 0 Å². The van der Waals surface area contributed by atoms with Gasteiger partial charge in [0.1, 0.15) is 0 Å². The highest BCUT2D eigenvalue weighted by atomic mass is 14.9. The van der Waals surface area contributed by atoms with Crippen molar-refractivity contribution in [1.29, 1.82) is 0 Å². The van der Waals surface area contributed by atoms with Crippen LogP contribution < -0.4 is 5.32 Å². The van der Waals surface area contributed by atoms with Crippen LogP contribution in [0.4, 0.5) is 0 Å². The SMILES string of the molecule is C#C/C=C(\C)C1CCCN1. The minimum atomic E-state index is 0.552. The maximum absolute atomic E-state index is 5.14. The van der Waals surface area contributed by atoms with Crippen LogP contribution in [-0.2, 0) is 0 Å². The molecule has 0 aromatic heterocycles. The number of hydrogen-bond acceptors (Lipinski definition) is 1. The lowest BCUT2D eigenvalue weighted by Crippen LogP contribution is -2.22. The molecular formula is C9H13N. The molecule has 1 unspecified atom stereocenters. The fourth-order valence-electron chi connectivity index (χ4n) is 1.31. The van der Waals surface area contributed by atoms with Gasteiger partial charge in [-0.05, 0) is 38.0 Å². The minimum absolute atomic E-state index is 0.552. The van der Waals surface area contributed by atoms with Crippen molar-refractivity contribution in [3.63, 3.8) is 0 Å². The summed E-state index contributed by atoms with van der Waals surface area (Å²) in [6.45, 7) is 3.23. The maximum Gasteiger partial charge on any atom is 0.0286 e. The molecule has 1 fully saturated rings. The summed E-state index contributed by atoms with van der Waals surface area (Å²) in [6, 6.07) is 0.552. The Bertz CT molecular complexity index is 168. The third-order valence-electron chi connectivity index (χ3n) is 1.92. The van der Waals surface area contributed by atoms with Gasteiger partial charge in [0.25, 0.3) is 0 Å². The normalized spacial score (nSPS) is 26.4. The van der Waals surface area contributed by atoms with Crippen molar-refractivity contribution in [2.24, 2.45) is 0 Å². The fraction of sp³-hybridized carbons (Fsp3) is 0.556. The fourth-order valence-corrected chi connectivity index (χ4v) is 1.31. The zero-order valence-electron chi connectivity index (χ0n) is 6.35. The molecule has 54 valence electrons. The molecule has 1 heterocycles. The van der Waals surface area contributed by atoms with Crippen molar-refractivity contribution in [3.05, 3.63) is 11.6 Å². The van der Waals surface area contributed by atoms with Gasteiger partial charge in [0, 0.05) is 6.04 Å². The van der Waals surface area contributed by atoms with E-state index in [0.29, 0.717) is 6.04 Å². The summed E-state index contributed by atoms with van der Waals surface area (Å²) >= 11 is 0. The predicted octanol–water partition coefficient (Wildman–Crippen LogP) is 1.32. The molecule has 1 rings (SSSR count). The Hall–Kier alpha value is -0.740. The third-order valence-corrected chi connectivity index (χ3v) is 1.92. The van der Waals surface area contributed by atoms with E-state index in [4.69, 9.17) is 6.42 Å².